The number of aliphatic hydroxyl groups is 1. The van der Waals surface area contributed by atoms with Gasteiger partial charge in [0.1, 0.15) is 5.76 Å². The van der Waals surface area contributed by atoms with Crippen LogP contribution in [0.25, 0.3) is 16.9 Å². The number of carbonyl (C=O) groups is 1. The van der Waals surface area contributed by atoms with Crippen molar-refractivity contribution >= 4 is 22.7 Å². The Morgan fingerprint density at radius 1 is 0.594 bits per heavy atom. The molecule has 0 aromatic heterocycles. The third kappa shape index (κ3) is 3.46. The Kier molecular flexibility index (Phi) is 5.27. The van der Waals surface area contributed by atoms with E-state index in [2.05, 4.69) is 0 Å². The lowest BCUT2D eigenvalue weighted by Gasteiger charge is -2.19. The van der Waals surface area contributed by atoms with Gasteiger partial charge < -0.3 is 5.11 Å². The second kappa shape index (κ2) is 8.52. The largest absolute Gasteiger partial charge is 0.507 e. The zero-order valence-corrected chi connectivity index (χ0v) is 17.5. The Balaban J connectivity index is 1.85. The van der Waals surface area contributed by atoms with Crippen LogP contribution in [0.2, 0.25) is 0 Å². The summed E-state index contributed by atoms with van der Waals surface area (Å²) in [5.41, 5.74) is 5.42. The first-order valence-corrected chi connectivity index (χ1v) is 10.7. The average molecular weight is 415 g/mol. The molecule has 0 unspecified atom stereocenters. The van der Waals surface area contributed by atoms with Crippen molar-refractivity contribution in [2.45, 2.75) is 5.92 Å². The minimum Gasteiger partial charge on any atom is -0.507 e. The summed E-state index contributed by atoms with van der Waals surface area (Å²) >= 11 is 0. The summed E-state index contributed by atoms with van der Waals surface area (Å²) in [6.07, 6.45) is 0. The van der Waals surface area contributed by atoms with Crippen LogP contribution < -0.4 is 0 Å². The Morgan fingerprint density at radius 3 is 1.62 bits per heavy atom. The third-order valence-corrected chi connectivity index (χ3v) is 5.90. The van der Waals surface area contributed by atoms with Crippen LogP contribution in [0.4, 0.5) is 0 Å². The smallest absolute Gasteiger partial charge is 0.194 e. The maximum atomic E-state index is 14.0. The van der Waals surface area contributed by atoms with E-state index in [1.807, 2.05) is 121 Å². The zero-order valence-electron chi connectivity index (χ0n) is 17.5. The quantitative estimate of drug-likeness (QED) is 0.290. The first-order chi connectivity index (χ1) is 15.8. The molecule has 0 bridgehead atoms. The van der Waals surface area contributed by atoms with Crippen molar-refractivity contribution in [1.82, 2.24) is 0 Å². The molecule has 0 radical (unpaired) electrons. The van der Waals surface area contributed by atoms with E-state index < -0.39 is 0 Å². The van der Waals surface area contributed by atoms with Crippen LogP contribution in [0, 0.1) is 0 Å². The fourth-order valence-corrected chi connectivity index (χ4v) is 4.47. The SMILES string of the molecule is O=C1C(c2ccccc2)=C(c2ccccc2)[C@@H](c2ccccc2)/C1=C(/O)c1ccccc1. The molecule has 1 N–H and O–H groups in total. The van der Waals surface area contributed by atoms with Gasteiger partial charge in [-0.25, -0.2) is 0 Å². The van der Waals surface area contributed by atoms with Gasteiger partial charge >= 0.3 is 0 Å². The molecule has 2 heteroatoms. The predicted octanol–water partition coefficient (Wildman–Crippen LogP) is 6.93. The highest BCUT2D eigenvalue weighted by molar-refractivity contribution is 6.41. The van der Waals surface area contributed by atoms with Crippen LogP contribution in [0.1, 0.15) is 28.2 Å². The van der Waals surface area contributed by atoms with Crippen LogP contribution in [0.5, 0.6) is 0 Å². The van der Waals surface area contributed by atoms with E-state index in [4.69, 9.17) is 0 Å². The predicted molar refractivity (Wildman–Crippen MR) is 130 cm³/mol. The van der Waals surface area contributed by atoms with E-state index in [1.165, 1.54) is 0 Å². The molecule has 4 aromatic rings. The van der Waals surface area contributed by atoms with E-state index in [-0.39, 0.29) is 17.5 Å². The van der Waals surface area contributed by atoms with E-state index >= 15 is 0 Å². The molecular formula is C30H22O2. The van der Waals surface area contributed by atoms with Gasteiger partial charge in [-0.05, 0) is 22.3 Å². The number of hydrogen-bond donors (Lipinski definition) is 1. The Labute approximate surface area is 187 Å². The van der Waals surface area contributed by atoms with Crippen LogP contribution in [-0.2, 0) is 4.79 Å². The van der Waals surface area contributed by atoms with Crippen molar-refractivity contribution < 1.29 is 9.90 Å². The van der Waals surface area contributed by atoms with Crippen LogP contribution in [0.3, 0.4) is 0 Å². The third-order valence-electron chi connectivity index (χ3n) is 5.90. The molecule has 1 atom stereocenters. The van der Waals surface area contributed by atoms with Gasteiger partial charge in [0.25, 0.3) is 0 Å². The van der Waals surface area contributed by atoms with Gasteiger partial charge in [-0.3, -0.25) is 4.79 Å². The lowest BCUT2D eigenvalue weighted by Crippen LogP contribution is -2.08. The second-order valence-corrected chi connectivity index (χ2v) is 7.82. The molecule has 32 heavy (non-hydrogen) atoms. The number of hydrogen-bond acceptors (Lipinski definition) is 2. The average Bonchev–Trinajstić information content (AvgIpc) is 3.18. The Hall–Kier alpha value is -4.17. The molecule has 1 aliphatic carbocycles. The van der Waals surface area contributed by atoms with Gasteiger partial charge in [-0.2, -0.15) is 0 Å². The summed E-state index contributed by atoms with van der Waals surface area (Å²) in [6, 6.07) is 39.0. The first kappa shape index (κ1) is 19.8. The van der Waals surface area contributed by atoms with E-state index in [0.29, 0.717) is 16.7 Å². The molecule has 5 rings (SSSR count). The lowest BCUT2D eigenvalue weighted by molar-refractivity contribution is -0.110. The summed E-state index contributed by atoms with van der Waals surface area (Å²) < 4.78 is 0. The zero-order chi connectivity index (χ0) is 21.9. The molecule has 0 saturated heterocycles. The molecule has 2 nitrogen and oxygen atoms in total. The fraction of sp³-hybridized carbons (Fsp3) is 0.0333. The number of rotatable bonds is 4. The van der Waals surface area contributed by atoms with Gasteiger partial charge in [0.05, 0.1) is 5.57 Å². The number of Topliss-reactive ketones (excluding diaryl/α,β-unsaturated/α-hetero) is 1. The van der Waals surface area contributed by atoms with Crippen molar-refractivity contribution in [3.8, 4) is 0 Å². The highest BCUT2D eigenvalue weighted by Gasteiger charge is 2.41. The van der Waals surface area contributed by atoms with E-state index in [0.717, 1.165) is 22.3 Å². The molecule has 0 saturated carbocycles. The van der Waals surface area contributed by atoms with Gasteiger partial charge in [0.2, 0.25) is 0 Å². The topological polar surface area (TPSA) is 37.3 Å². The summed E-state index contributed by atoms with van der Waals surface area (Å²) in [7, 11) is 0. The van der Waals surface area contributed by atoms with E-state index in [9.17, 15) is 9.90 Å². The number of aliphatic hydroxyl groups excluding tert-OH is 1. The van der Waals surface area contributed by atoms with Gasteiger partial charge in [-0.15, -0.1) is 0 Å². The maximum absolute atomic E-state index is 14.0. The van der Waals surface area contributed by atoms with Crippen LogP contribution >= 0.6 is 0 Å². The molecule has 4 aromatic carbocycles. The van der Waals surface area contributed by atoms with Crippen molar-refractivity contribution in [2.75, 3.05) is 0 Å². The van der Waals surface area contributed by atoms with Crippen molar-refractivity contribution in [1.29, 1.82) is 0 Å². The Morgan fingerprint density at radius 2 is 1.06 bits per heavy atom. The number of benzene rings is 4. The van der Waals surface area contributed by atoms with Crippen molar-refractivity contribution in [3.05, 3.63) is 149 Å². The van der Waals surface area contributed by atoms with Crippen LogP contribution in [-0.4, -0.2) is 10.9 Å². The van der Waals surface area contributed by atoms with Crippen molar-refractivity contribution in [2.24, 2.45) is 0 Å². The summed E-state index contributed by atoms with van der Waals surface area (Å²) in [6.45, 7) is 0. The normalized spacial score (nSPS) is 17.5. The van der Waals surface area contributed by atoms with Crippen LogP contribution in [0.15, 0.2) is 127 Å². The van der Waals surface area contributed by atoms with Gasteiger partial charge in [0.15, 0.2) is 5.78 Å². The standard InChI is InChI=1S/C30H22O2/c31-29(24-19-11-4-12-20-24)28-26(22-15-7-2-8-16-22)25(21-13-5-1-6-14-21)27(30(28)32)23-17-9-3-10-18-23/h1-20,26,31H/b29-28-/t26-/m1/s1. The number of carbonyl (C=O) groups excluding carboxylic acids is 1. The first-order valence-electron chi connectivity index (χ1n) is 10.7. The molecule has 154 valence electrons. The minimum absolute atomic E-state index is 0.0313. The Bertz CT molecular complexity index is 1300. The van der Waals surface area contributed by atoms with E-state index in [1.54, 1.807) is 0 Å². The highest BCUT2D eigenvalue weighted by Crippen LogP contribution is 2.51. The van der Waals surface area contributed by atoms with Gasteiger partial charge in [0, 0.05) is 17.1 Å². The highest BCUT2D eigenvalue weighted by atomic mass is 16.3. The summed E-state index contributed by atoms with van der Waals surface area (Å²) in [5.74, 6) is -0.476. The molecule has 0 amide bonds. The molecule has 0 fully saturated rings. The summed E-state index contributed by atoms with van der Waals surface area (Å²) in [5, 5.41) is 11.4. The monoisotopic (exact) mass is 414 g/mol. The summed E-state index contributed by atoms with van der Waals surface area (Å²) in [4.78, 5) is 14.0. The lowest BCUT2D eigenvalue weighted by atomic mass is 9.84. The van der Waals surface area contributed by atoms with Crippen molar-refractivity contribution in [3.63, 3.8) is 0 Å². The molecule has 1 aliphatic rings. The molecule has 0 spiro atoms. The molecule has 0 aliphatic heterocycles. The van der Waals surface area contributed by atoms with Gasteiger partial charge in [-0.1, -0.05) is 121 Å². The minimum atomic E-state index is -0.374. The molecular weight excluding hydrogens is 392 g/mol. The fourth-order valence-electron chi connectivity index (χ4n) is 4.47. The number of ketones is 1. The second-order valence-electron chi connectivity index (χ2n) is 7.82. The number of allylic oxidation sites excluding steroid dienone is 3. The molecule has 0 heterocycles. The maximum Gasteiger partial charge on any atom is 0.194 e.